The van der Waals surface area contributed by atoms with Crippen molar-refractivity contribution in [2.75, 3.05) is 32.7 Å². The molecule has 2 N–H and O–H groups in total. The van der Waals surface area contributed by atoms with Crippen molar-refractivity contribution in [1.82, 2.24) is 9.80 Å². The van der Waals surface area contributed by atoms with E-state index in [0.717, 1.165) is 6.42 Å². The van der Waals surface area contributed by atoms with E-state index in [0.29, 0.717) is 30.7 Å². The zero-order chi connectivity index (χ0) is 15.4. The lowest BCUT2D eigenvalue weighted by molar-refractivity contribution is -0.119. The van der Waals surface area contributed by atoms with Crippen molar-refractivity contribution >= 4 is 27.7 Å². The van der Waals surface area contributed by atoms with Crippen LogP contribution in [0, 0.1) is 5.82 Å². The monoisotopic (exact) mass is 357 g/mol. The predicted molar refractivity (Wildman–Crippen MR) is 80.3 cm³/mol. The number of nitrogens with zero attached hydrogens (tertiary/aromatic N) is 2. The highest BCUT2D eigenvalue weighted by Crippen LogP contribution is 2.17. The summed E-state index contributed by atoms with van der Waals surface area (Å²) in [6.45, 7) is 2.46. The summed E-state index contributed by atoms with van der Waals surface area (Å²) in [5.41, 5.74) is 5.25. The van der Waals surface area contributed by atoms with Gasteiger partial charge in [-0.3, -0.25) is 14.5 Å². The molecule has 5 nitrogen and oxygen atoms in total. The smallest absolute Gasteiger partial charge is 0.256 e. The summed E-state index contributed by atoms with van der Waals surface area (Å²) in [6, 6.07) is 4.41. The molecule has 1 aliphatic heterocycles. The molecule has 1 aromatic rings. The third-order valence-electron chi connectivity index (χ3n) is 3.42. The van der Waals surface area contributed by atoms with Crippen LogP contribution < -0.4 is 5.73 Å². The fraction of sp³-hybridized carbons (Fsp3) is 0.429. The minimum Gasteiger partial charge on any atom is -0.369 e. The Balaban J connectivity index is 2.04. The van der Waals surface area contributed by atoms with E-state index in [2.05, 4.69) is 15.9 Å². The van der Waals surface area contributed by atoms with Crippen LogP contribution in [0.25, 0.3) is 0 Å². The Kier molecular flexibility index (Phi) is 5.30. The van der Waals surface area contributed by atoms with Gasteiger partial charge in [-0.2, -0.15) is 0 Å². The number of benzene rings is 1. The maximum atomic E-state index is 13.9. The molecule has 0 saturated carbocycles. The number of carbonyl (C=O) groups is 2. The van der Waals surface area contributed by atoms with Gasteiger partial charge in [0.15, 0.2) is 0 Å². The van der Waals surface area contributed by atoms with Crippen LogP contribution >= 0.6 is 15.9 Å². The molecule has 0 radical (unpaired) electrons. The zero-order valence-electron chi connectivity index (χ0n) is 11.5. The molecular weight excluding hydrogens is 341 g/mol. The molecule has 114 valence electrons. The van der Waals surface area contributed by atoms with Crippen LogP contribution in [0.1, 0.15) is 16.8 Å². The Morgan fingerprint density at radius 1 is 1.24 bits per heavy atom. The van der Waals surface area contributed by atoms with Crippen molar-refractivity contribution in [2.24, 2.45) is 5.73 Å². The molecule has 2 rings (SSSR count). The number of rotatable bonds is 3. The number of hydrogen-bond acceptors (Lipinski definition) is 3. The maximum Gasteiger partial charge on any atom is 0.256 e. The van der Waals surface area contributed by atoms with E-state index in [1.54, 1.807) is 11.0 Å². The molecule has 0 atom stereocenters. The number of amides is 2. The lowest BCUT2D eigenvalue weighted by atomic mass is 10.2. The molecule has 0 aliphatic carbocycles. The second-order valence-electron chi connectivity index (χ2n) is 5.01. The van der Waals surface area contributed by atoms with Crippen molar-refractivity contribution in [3.05, 3.63) is 34.1 Å². The van der Waals surface area contributed by atoms with Crippen molar-refractivity contribution in [3.63, 3.8) is 0 Å². The van der Waals surface area contributed by atoms with E-state index in [1.807, 2.05) is 4.90 Å². The largest absolute Gasteiger partial charge is 0.369 e. The normalized spacial score (nSPS) is 16.6. The highest BCUT2D eigenvalue weighted by molar-refractivity contribution is 9.10. The van der Waals surface area contributed by atoms with Gasteiger partial charge in [0, 0.05) is 30.7 Å². The number of nitrogens with two attached hydrogens (primary N) is 1. The molecule has 1 aliphatic rings. The first kappa shape index (κ1) is 15.9. The van der Waals surface area contributed by atoms with Crippen LogP contribution in [0.5, 0.6) is 0 Å². The van der Waals surface area contributed by atoms with Crippen molar-refractivity contribution < 1.29 is 14.0 Å². The van der Waals surface area contributed by atoms with E-state index in [1.165, 1.54) is 12.1 Å². The average molecular weight is 358 g/mol. The SMILES string of the molecule is NC(=O)CN1CCCN(C(=O)c2ccc(Br)cc2F)CC1. The molecule has 1 saturated heterocycles. The first-order valence-electron chi connectivity index (χ1n) is 6.72. The van der Waals surface area contributed by atoms with Crippen LogP contribution in [0.2, 0.25) is 0 Å². The molecule has 1 aromatic carbocycles. The molecule has 0 aromatic heterocycles. The third-order valence-corrected chi connectivity index (χ3v) is 3.91. The summed E-state index contributed by atoms with van der Waals surface area (Å²) < 4.78 is 14.5. The highest BCUT2D eigenvalue weighted by Gasteiger charge is 2.22. The second-order valence-corrected chi connectivity index (χ2v) is 5.93. The lowest BCUT2D eigenvalue weighted by Crippen LogP contribution is -2.38. The standard InChI is InChI=1S/C14H17BrFN3O2/c15-10-2-3-11(12(16)8-10)14(21)19-5-1-4-18(6-7-19)9-13(17)20/h2-3,8H,1,4-7,9H2,(H2,17,20). The first-order chi connectivity index (χ1) is 9.97. The quantitative estimate of drug-likeness (QED) is 0.884. The number of primary amides is 1. The minimum atomic E-state index is -0.535. The summed E-state index contributed by atoms with van der Waals surface area (Å²) >= 11 is 3.17. The van der Waals surface area contributed by atoms with Gasteiger partial charge in [0.25, 0.3) is 5.91 Å². The number of halogens is 2. The van der Waals surface area contributed by atoms with E-state index in [9.17, 15) is 14.0 Å². The molecule has 0 spiro atoms. The topological polar surface area (TPSA) is 66.6 Å². The van der Waals surface area contributed by atoms with Gasteiger partial charge in [-0.25, -0.2) is 4.39 Å². The Bertz CT molecular complexity index is 553. The van der Waals surface area contributed by atoms with Gasteiger partial charge in [0.1, 0.15) is 5.82 Å². The summed E-state index contributed by atoms with van der Waals surface area (Å²) in [6.07, 6.45) is 0.733. The van der Waals surface area contributed by atoms with Crippen molar-refractivity contribution in [3.8, 4) is 0 Å². The van der Waals surface area contributed by atoms with E-state index >= 15 is 0 Å². The predicted octanol–water partition coefficient (Wildman–Crippen LogP) is 1.22. The molecule has 21 heavy (non-hydrogen) atoms. The third kappa shape index (κ3) is 4.25. The molecular formula is C14H17BrFN3O2. The Morgan fingerprint density at radius 3 is 2.67 bits per heavy atom. The molecule has 0 bridgehead atoms. The summed E-state index contributed by atoms with van der Waals surface area (Å²) in [5, 5.41) is 0. The second kappa shape index (κ2) is 7.00. The van der Waals surface area contributed by atoms with Gasteiger partial charge in [0.05, 0.1) is 12.1 Å². The van der Waals surface area contributed by atoms with Gasteiger partial charge >= 0.3 is 0 Å². The Morgan fingerprint density at radius 2 is 2.00 bits per heavy atom. The van der Waals surface area contributed by atoms with Crippen LogP contribution in [0.3, 0.4) is 0 Å². The van der Waals surface area contributed by atoms with Crippen LogP contribution in [-0.2, 0) is 4.79 Å². The van der Waals surface area contributed by atoms with Gasteiger partial charge in [-0.15, -0.1) is 0 Å². The van der Waals surface area contributed by atoms with Gasteiger partial charge in [0.2, 0.25) is 5.91 Å². The molecule has 1 heterocycles. The lowest BCUT2D eigenvalue weighted by Gasteiger charge is -2.21. The number of carbonyl (C=O) groups excluding carboxylic acids is 2. The zero-order valence-corrected chi connectivity index (χ0v) is 13.1. The summed E-state index contributed by atoms with van der Waals surface area (Å²) in [5.74, 6) is -1.23. The summed E-state index contributed by atoms with van der Waals surface area (Å²) in [4.78, 5) is 26.8. The van der Waals surface area contributed by atoms with Gasteiger partial charge in [-0.05, 0) is 24.6 Å². The first-order valence-corrected chi connectivity index (χ1v) is 7.51. The number of hydrogen-bond donors (Lipinski definition) is 1. The van der Waals surface area contributed by atoms with E-state index < -0.39 is 5.82 Å². The van der Waals surface area contributed by atoms with Crippen LogP contribution in [-0.4, -0.2) is 54.3 Å². The molecule has 7 heteroatoms. The molecule has 2 amide bonds. The molecule has 0 unspecified atom stereocenters. The highest BCUT2D eigenvalue weighted by atomic mass is 79.9. The Hall–Kier alpha value is -1.47. The minimum absolute atomic E-state index is 0.0709. The Labute approximate surface area is 131 Å². The van der Waals surface area contributed by atoms with Crippen LogP contribution in [0.4, 0.5) is 4.39 Å². The van der Waals surface area contributed by atoms with E-state index in [4.69, 9.17) is 5.73 Å². The summed E-state index contributed by atoms with van der Waals surface area (Å²) in [7, 11) is 0. The fourth-order valence-corrected chi connectivity index (χ4v) is 2.72. The average Bonchev–Trinajstić information content (AvgIpc) is 2.63. The van der Waals surface area contributed by atoms with Crippen molar-refractivity contribution in [1.29, 1.82) is 0 Å². The maximum absolute atomic E-state index is 13.9. The van der Waals surface area contributed by atoms with E-state index in [-0.39, 0.29) is 23.9 Å². The molecule has 1 fully saturated rings. The fourth-order valence-electron chi connectivity index (χ4n) is 2.39. The van der Waals surface area contributed by atoms with Gasteiger partial charge < -0.3 is 10.6 Å². The van der Waals surface area contributed by atoms with Crippen LogP contribution in [0.15, 0.2) is 22.7 Å². The van der Waals surface area contributed by atoms with Crippen molar-refractivity contribution in [2.45, 2.75) is 6.42 Å². The van der Waals surface area contributed by atoms with Gasteiger partial charge in [-0.1, -0.05) is 15.9 Å².